The number of fused-ring (bicyclic) bond motifs is 2. The summed E-state index contributed by atoms with van der Waals surface area (Å²) in [7, 11) is 0. The molecule has 1 amide bonds. The maximum Gasteiger partial charge on any atom is 0.259 e. The SMILES string of the molecule is CCOc1ccc(C=Nc2sc3c(c2C(=O)Nc2ccc(Cl)cc2)CC[C@@H](C(C)(C)C)C3)c2ccccc12. The summed E-state index contributed by atoms with van der Waals surface area (Å²) in [5, 5.41) is 6.59. The third-order valence-electron chi connectivity index (χ3n) is 7.34. The number of halogens is 1. The van der Waals surface area contributed by atoms with Crippen molar-refractivity contribution in [3.63, 3.8) is 0 Å². The summed E-state index contributed by atoms with van der Waals surface area (Å²) >= 11 is 7.70. The molecule has 1 aliphatic rings. The average molecular weight is 545 g/mol. The van der Waals surface area contributed by atoms with Crippen molar-refractivity contribution >= 4 is 56.5 Å². The van der Waals surface area contributed by atoms with Crippen molar-refractivity contribution in [1.29, 1.82) is 0 Å². The van der Waals surface area contributed by atoms with Crippen LogP contribution in [0.3, 0.4) is 0 Å². The number of nitrogens with zero attached hydrogens (tertiary/aromatic N) is 1. The van der Waals surface area contributed by atoms with Crippen LogP contribution in [0.15, 0.2) is 65.7 Å². The molecule has 0 spiro atoms. The molecule has 38 heavy (non-hydrogen) atoms. The highest BCUT2D eigenvalue weighted by molar-refractivity contribution is 7.16. The van der Waals surface area contributed by atoms with E-state index in [4.69, 9.17) is 21.3 Å². The van der Waals surface area contributed by atoms with Gasteiger partial charge in [0.2, 0.25) is 0 Å². The van der Waals surface area contributed by atoms with Gasteiger partial charge < -0.3 is 10.1 Å². The fourth-order valence-electron chi connectivity index (χ4n) is 5.18. The molecule has 1 heterocycles. The van der Waals surface area contributed by atoms with E-state index in [2.05, 4.69) is 38.2 Å². The maximum absolute atomic E-state index is 13.6. The van der Waals surface area contributed by atoms with Gasteiger partial charge >= 0.3 is 0 Å². The minimum atomic E-state index is -0.122. The Balaban J connectivity index is 1.54. The molecule has 0 radical (unpaired) electrons. The number of hydrogen-bond donors (Lipinski definition) is 1. The molecule has 1 aliphatic carbocycles. The molecule has 1 atom stereocenters. The Morgan fingerprint density at radius 1 is 1.11 bits per heavy atom. The van der Waals surface area contributed by atoms with E-state index in [1.165, 1.54) is 4.88 Å². The Morgan fingerprint density at radius 2 is 1.84 bits per heavy atom. The van der Waals surface area contributed by atoms with Gasteiger partial charge in [-0.2, -0.15) is 0 Å². The first-order chi connectivity index (χ1) is 18.2. The van der Waals surface area contributed by atoms with Crippen LogP contribution >= 0.6 is 22.9 Å². The van der Waals surface area contributed by atoms with Crippen molar-refractivity contribution in [2.75, 3.05) is 11.9 Å². The van der Waals surface area contributed by atoms with Crippen molar-refractivity contribution in [3.8, 4) is 5.75 Å². The minimum Gasteiger partial charge on any atom is -0.493 e. The van der Waals surface area contributed by atoms with Crippen LogP contribution in [-0.2, 0) is 12.8 Å². The molecule has 0 bridgehead atoms. The van der Waals surface area contributed by atoms with Gasteiger partial charge in [0.15, 0.2) is 0 Å². The molecule has 1 N–H and O–H groups in total. The molecule has 196 valence electrons. The monoisotopic (exact) mass is 544 g/mol. The van der Waals surface area contributed by atoms with Crippen LogP contribution in [-0.4, -0.2) is 18.7 Å². The van der Waals surface area contributed by atoms with Gasteiger partial charge in [0.05, 0.1) is 12.2 Å². The van der Waals surface area contributed by atoms with E-state index < -0.39 is 0 Å². The third kappa shape index (κ3) is 5.50. The smallest absolute Gasteiger partial charge is 0.259 e. The van der Waals surface area contributed by atoms with Gasteiger partial charge in [0.1, 0.15) is 10.8 Å². The molecule has 5 rings (SSSR count). The molecule has 0 fully saturated rings. The van der Waals surface area contributed by atoms with Crippen LogP contribution in [0.5, 0.6) is 5.75 Å². The Kier molecular flexibility index (Phi) is 7.60. The second-order valence-electron chi connectivity index (χ2n) is 10.8. The summed E-state index contributed by atoms with van der Waals surface area (Å²) in [6.45, 7) is 9.52. The lowest BCUT2D eigenvalue weighted by molar-refractivity contribution is 0.102. The van der Waals surface area contributed by atoms with E-state index >= 15 is 0 Å². The van der Waals surface area contributed by atoms with Gasteiger partial charge in [-0.05, 0) is 84.9 Å². The number of ether oxygens (including phenoxy) is 1. The quantitative estimate of drug-likeness (QED) is 0.246. The first kappa shape index (κ1) is 26.5. The van der Waals surface area contributed by atoms with Gasteiger partial charge in [-0.1, -0.05) is 56.6 Å². The van der Waals surface area contributed by atoms with E-state index in [1.807, 2.05) is 49.5 Å². The van der Waals surface area contributed by atoms with E-state index in [0.29, 0.717) is 23.1 Å². The number of carbonyl (C=O) groups is 1. The number of amides is 1. The highest BCUT2D eigenvalue weighted by Crippen LogP contribution is 2.45. The van der Waals surface area contributed by atoms with E-state index in [1.54, 1.807) is 23.5 Å². The summed E-state index contributed by atoms with van der Waals surface area (Å²) in [5.74, 6) is 1.32. The van der Waals surface area contributed by atoms with Crippen molar-refractivity contribution in [1.82, 2.24) is 0 Å². The zero-order chi connectivity index (χ0) is 26.9. The second kappa shape index (κ2) is 10.9. The lowest BCUT2D eigenvalue weighted by Gasteiger charge is -2.33. The molecule has 0 saturated heterocycles. The number of nitrogens with one attached hydrogen (secondary N) is 1. The van der Waals surface area contributed by atoms with Gasteiger partial charge in [-0.3, -0.25) is 4.79 Å². The first-order valence-corrected chi connectivity index (χ1v) is 14.3. The topological polar surface area (TPSA) is 50.7 Å². The highest BCUT2D eigenvalue weighted by atomic mass is 35.5. The fraction of sp³-hybridized carbons (Fsp3) is 0.312. The Labute approximate surface area is 233 Å². The van der Waals surface area contributed by atoms with E-state index in [9.17, 15) is 4.79 Å². The number of thiophene rings is 1. The number of anilines is 1. The lowest BCUT2D eigenvalue weighted by atomic mass is 9.72. The largest absolute Gasteiger partial charge is 0.493 e. The van der Waals surface area contributed by atoms with Gasteiger partial charge in [0.25, 0.3) is 5.91 Å². The summed E-state index contributed by atoms with van der Waals surface area (Å²) in [6.07, 6.45) is 4.82. The molecule has 4 aromatic rings. The normalized spacial score (nSPS) is 15.6. The van der Waals surface area contributed by atoms with Gasteiger partial charge in [-0.25, -0.2) is 4.99 Å². The molecular formula is C32H33ClN2O2S. The second-order valence-corrected chi connectivity index (χ2v) is 12.4. The van der Waals surface area contributed by atoms with Gasteiger partial charge in [-0.15, -0.1) is 11.3 Å². The number of carbonyl (C=O) groups excluding carboxylic acids is 1. The summed E-state index contributed by atoms with van der Waals surface area (Å²) in [5.41, 5.74) is 3.77. The predicted octanol–water partition coefficient (Wildman–Crippen LogP) is 9.11. The van der Waals surface area contributed by atoms with Crippen molar-refractivity contribution < 1.29 is 9.53 Å². The predicted molar refractivity (Wildman–Crippen MR) is 161 cm³/mol. The van der Waals surface area contributed by atoms with Crippen LogP contribution in [0, 0.1) is 11.3 Å². The number of aliphatic imine (C=N–C) groups is 1. The van der Waals surface area contributed by atoms with Crippen LogP contribution in [0.2, 0.25) is 5.02 Å². The first-order valence-electron chi connectivity index (χ1n) is 13.1. The zero-order valence-electron chi connectivity index (χ0n) is 22.3. The molecule has 6 heteroatoms. The van der Waals surface area contributed by atoms with Crippen molar-refractivity contribution in [2.24, 2.45) is 16.3 Å². The summed E-state index contributed by atoms with van der Waals surface area (Å²) in [6, 6.07) is 19.4. The molecular weight excluding hydrogens is 512 g/mol. The van der Waals surface area contributed by atoms with Crippen molar-refractivity contribution in [2.45, 2.75) is 47.0 Å². The molecule has 1 aromatic heterocycles. The Bertz CT molecular complexity index is 1500. The van der Waals surface area contributed by atoms with E-state index in [-0.39, 0.29) is 11.3 Å². The average Bonchev–Trinajstić information content (AvgIpc) is 3.27. The molecule has 0 aliphatic heterocycles. The summed E-state index contributed by atoms with van der Waals surface area (Å²) < 4.78 is 5.84. The highest BCUT2D eigenvalue weighted by Gasteiger charge is 2.33. The van der Waals surface area contributed by atoms with Crippen LogP contribution < -0.4 is 10.1 Å². The van der Waals surface area contributed by atoms with Crippen molar-refractivity contribution in [3.05, 3.63) is 87.3 Å². The van der Waals surface area contributed by atoms with Crippen LogP contribution in [0.4, 0.5) is 10.7 Å². The third-order valence-corrected chi connectivity index (χ3v) is 8.75. The van der Waals surface area contributed by atoms with Crippen LogP contribution in [0.25, 0.3) is 10.8 Å². The standard InChI is InChI=1S/C32H33ClN2O2S/c1-5-37-27-17-10-20(24-8-6-7-9-25(24)27)19-34-31-29(30(36)35-23-14-12-22(33)13-15-23)26-16-11-21(32(2,3)4)18-28(26)38-31/h6-10,12-15,17,19,21H,5,11,16,18H2,1-4H3,(H,35,36)/t21-/m1/s1. The maximum atomic E-state index is 13.6. The minimum absolute atomic E-state index is 0.122. The molecule has 0 unspecified atom stereocenters. The lowest BCUT2D eigenvalue weighted by Crippen LogP contribution is -2.27. The summed E-state index contributed by atoms with van der Waals surface area (Å²) in [4.78, 5) is 19.9. The Hall–Kier alpha value is -3.15. The molecule has 0 saturated carbocycles. The number of rotatable bonds is 6. The van der Waals surface area contributed by atoms with Crippen LogP contribution in [0.1, 0.15) is 60.5 Å². The zero-order valence-corrected chi connectivity index (χ0v) is 23.9. The fourth-order valence-corrected chi connectivity index (χ4v) is 6.57. The molecule has 4 nitrogen and oxygen atoms in total. The van der Waals surface area contributed by atoms with Gasteiger partial charge in [0, 0.05) is 32.8 Å². The molecule has 3 aromatic carbocycles. The van der Waals surface area contributed by atoms with E-state index in [0.717, 1.165) is 57.6 Å². The number of benzene rings is 3. The Morgan fingerprint density at radius 3 is 2.55 bits per heavy atom. The number of hydrogen-bond acceptors (Lipinski definition) is 4.